The molecule has 0 fully saturated rings. The first-order valence-corrected chi connectivity index (χ1v) is 7.16. The lowest BCUT2D eigenvalue weighted by Gasteiger charge is -2.06. The van der Waals surface area contributed by atoms with Crippen LogP contribution in [0.2, 0.25) is 0 Å². The highest BCUT2D eigenvalue weighted by molar-refractivity contribution is 7.13. The Kier molecular flexibility index (Phi) is 5.67. The normalized spacial score (nSPS) is 10.4. The molecule has 106 valence electrons. The third-order valence-electron chi connectivity index (χ3n) is 2.57. The van der Waals surface area contributed by atoms with Gasteiger partial charge in [-0.2, -0.15) is 0 Å². The van der Waals surface area contributed by atoms with Gasteiger partial charge >= 0.3 is 0 Å². The molecule has 5 nitrogen and oxygen atoms in total. The number of carbonyl (C=O) groups is 1. The maximum atomic E-state index is 12.0. The van der Waals surface area contributed by atoms with Crippen molar-refractivity contribution in [3.05, 3.63) is 41.4 Å². The molecule has 2 rings (SSSR count). The number of carbonyl (C=O) groups excluding carboxylic acids is 1. The molecule has 0 aliphatic heterocycles. The summed E-state index contributed by atoms with van der Waals surface area (Å²) in [6.45, 7) is 1.08. The smallest absolute Gasteiger partial charge is 0.251 e. The molecule has 0 atom stereocenters. The van der Waals surface area contributed by atoms with Crippen LogP contribution in [0, 0.1) is 0 Å². The van der Waals surface area contributed by atoms with Crippen LogP contribution < -0.4 is 5.32 Å². The second-order valence-corrected chi connectivity index (χ2v) is 4.90. The first-order valence-electron chi connectivity index (χ1n) is 6.28. The van der Waals surface area contributed by atoms with E-state index < -0.39 is 0 Å². The number of hydrogen-bond acceptors (Lipinski definition) is 5. The van der Waals surface area contributed by atoms with Gasteiger partial charge in [-0.05, 0) is 12.1 Å². The van der Waals surface area contributed by atoms with E-state index in [2.05, 4.69) is 10.3 Å². The predicted octanol–water partition coefficient (Wildman–Crippen LogP) is 1.55. The van der Waals surface area contributed by atoms with Gasteiger partial charge < -0.3 is 15.2 Å². The molecule has 0 saturated carbocycles. The molecule has 6 heteroatoms. The fourth-order valence-corrected chi connectivity index (χ4v) is 2.30. The number of ether oxygens (including phenoxy) is 1. The average molecular weight is 292 g/mol. The van der Waals surface area contributed by atoms with Gasteiger partial charge in [0.2, 0.25) is 0 Å². The highest BCUT2D eigenvalue weighted by Gasteiger charge is 2.07. The van der Waals surface area contributed by atoms with Gasteiger partial charge in [-0.15, -0.1) is 11.3 Å². The number of thiazole rings is 1. The molecule has 0 radical (unpaired) electrons. The van der Waals surface area contributed by atoms with Crippen LogP contribution in [0.4, 0.5) is 0 Å². The fraction of sp³-hybridized carbons (Fsp3) is 0.286. The summed E-state index contributed by atoms with van der Waals surface area (Å²) >= 11 is 1.54. The molecule has 2 aromatic rings. The lowest BCUT2D eigenvalue weighted by atomic mass is 10.1. The largest absolute Gasteiger partial charge is 0.394 e. The summed E-state index contributed by atoms with van der Waals surface area (Å²) in [5.74, 6) is -0.143. The molecule has 0 bridgehead atoms. The van der Waals surface area contributed by atoms with Crippen molar-refractivity contribution < 1.29 is 14.6 Å². The Hall–Kier alpha value is -1.76. The first kappa shape index (κ1) is 14.6. The van der Waals surface area contributed by atoms with Crippen molar-refractivity contribution in [3.8, 4) is 10.6 Å². The minimum absolute atomic E-state index is 0.0101. The molecule has 2 N–H and O–H groups in total. The predicted molar refractivity (Wildman–Crippen MR) is 77.8 cm³/mol. The number of amides is 1. The van der Waals surface area contributed by atoms with Crippen LogP contribution in [-0.2, 0) is 4.74 Å². The molecule has 1 heterocycles. The SMILES string of the molecule is O=C(NCCOCCO)c1cccc(-c2nccs2)c1. The third kappa shape index (κ3) is 4.12. The van der Waals surface area contributed by atoms with Crippen LogP contribution in [-0.4, -0.2) is 42.4 Å². The number of rotatable bonds is 7. The Bertz CT molecular complexity index is 543. The Labute approximate surface area is 121 Å². The van der Waals surface area contributed by atoms with Crippen LogP contribution in [0.25, 0.3) is 10.6 Å². The molecule has 0 aliphatic carbocycles. The molecular weight excluding hydrogens is 276 g/mol. The zero-order valence-electron chi connectivity index (χ0n) is 10.9. The number of nitrogens with zero attached hydrogens (tertiary/aromatic N) is 1. The lowest BCUT2D eigenvalue weighted by Crippen LogP contribution is -2.27. The van der Waals surface area contributed by atoms with E-state index in [1.807, 2.05) is 23.6 Å². The van der Waals surface area contributed by atoms with Crippen molar-refractivity contribution in [2.75, 3.05) is 26.4 Å². The maximum Gasteiger partial charge on any atom is 0.251 e. The average Bonchev–Trinajstić information content (AvgIpc) is 3.01. The van der Waals surface area contributed by atoms with Crippen LogP contribution >= 0.6 is 11.3 Å². The van der Waals surface area contributed by atoms with E-state index in [1.54, 1.807) is 12.3 Å². The van der Waals surface area contributed by atoms with Gasteiger partial charge in [-0.1, -0.05) is 12.1 Å². The molecule has 20 heavy (non-hydrogen) atoms. The highest BCUT2D eigenvalue weighted by Crippen LogP contribution is 2.22. The molecule has 0 spiro atoms. The van der Waals surface area contributed by atoms with E-state index in [-0.39, 0.29) is 19.1 Å². The Morgan fingerprint density at radius 3 is 3.05 bits per heavy atom. The zero-order valence-corrected chi connectivity index (χ0v) is 11.7. The molecular formula is C14H16N2O3S. The summed E-state index contributed by atoms with van der Waals surface area (Å²) in [4.78, 5) is 16.2. The van der Waals surface area contributed by atoms with Gasteiger partial charge in [-0.25, -0.2) is 4.98 Å². The number of aliphatic hydroxyl groups is 1. The number of benzene rings is 1. The second kappa shape index (κ2) is 7.74. The van der Waals surface area contributed by atoms with E-state index >= 15 is 0 Å². The summed E-state index contributed by atoms with van der Waals surface area (Å²) in [5.41, 5.74) is 1.53. The van der Waals surface area contributed by atoms with Gasteiger partial charge in [0.05, 0.1) is 19.8 Å². The number of nitrogens with one attached hydrogen (secondary N) is 1. The van der Waals surface area contributed by atoms with Crippen molar-refractivity contribution in [3.63, 3.8) is 0 Å². The molecule has 0 unspecified atom stereocenters. The Morgan fingerprint density at radius 1 is 1.40 bits per heavy atom. The van der Waals surface area contributed by atoms with Crippen molar-refractivity contribution in [2.24, 2.45) is 0 Å². The van der Waals surface area contributed by atoms with Crippen LogP contribution in [0.15, 0.2) is 35.8 Å². The van der Waals surface area contributed by atoms with E-state index in [1.165, 1.54) is 11.3 Å². The van der Waals surface area contributed by atoms with E-state index in [4.69, 9.17) is 9.84 Å². The highest BCUT2D eigenvalue weighted by atomic mass is 32.1. The monoisotopic (exact) mass is 292 g/mol. The van der Waals surface area contributed by atoms with Gasteiger partial charge in [0.1, 0.15) is 5.01 Å². The van der Waals surface area contributed by atoms with Crippen LogP contribution in [0.3, 0.4) is 0 Å². The van der Waals surface area contributed by atoms with E-state index in [9.17, 15) is 4.79 Å². The van der Waals surface area contributed by atoms with Crippen molar-refractivity contribution in [1.82, 2.24) is 10.3 Å². The van der Waals surface area contributed by atoms with Crippen molar-refractivity contribution in [2.45, 2.75) is 0 Å². The number of hydrogen-bond donors (Lipinski definition) is 2. The quantitative estimate of drug-likeness (QED) is 0.760. The summed E-state index contributed by atoms with van der Waals surface area (Å²) < 4.78 is 5.08. The molecule has 0 aliphatic rings. The van der Waals surface area contributed by atoms with Gasteiger partial charge in [0.25, 0.3) is 5.91 Å². The Morgan fingerprint density at radius 2 is 2.30 bits per heavy atom. The van der Waals surface area contributed by atoms with Crippen molar-refractivity contribution >= 4 is 17.2 Å². The summed E-state index contributed by atoms with van der Waals surface area (Å²) in [6, 6.07) is 7.36. The first-order chi connectivity index (χ1) is 9.81. The molecule has 0 saturated heterocycles. The topological polar surface area (TPSA) is 71.5 Å². The van der Waals surface area contributed by atoms with E-state index in [0.717, 1.165) is 10.6 Å². The summed E-state index contributed by atoms with van der Waals surface area (Å²) in [7, 11) is 0. The van der Waals surface area contributed by atoms with Crippen molar-refractivity contribution in [1.29, 1.82) is 0 Å². The number of aromatic nitrogens is 1. The Balaban J connectivity index is 1.92. The van der Waals surface area contributed by atoms with Crippen LogP contribution in [0.1, 0.15) is 10.4 Å². The van der Waals surface area contributed by atoms with E-state index in [0.29, 0.717) is 18.7 Å². The van der Waals surface area contributed by atoms with Crippen LogP contribution in [0.5, 0.6) is 0 Å². The third-order valence-corrected chi connectivity index (χ3v) is 3.39. The minimum atomic E-state index is -0.143. The number of aliphatic hydroxyl groups excluding tert-OH is 1. The summed E-state index contributed by atoms with van der Waals surface area (Å²) in [5, 5.41) is 14.1. The minimum Gasteiger partial charge on any atom is -0.394 e. The standard InChI is InChI=1S/C14H16N2O3S/c17-6-8-19-7-4-15-13(18)11-2-1-3-12(10-11)14-16-5-9-20-14/h1-3,5,9-10,17H,4,6-8H2,(H,15,18). The van der Waals surface area contributed by atoms with Gasteiger partial charge in [0.15, 0.2) is 0 Å². The molecule has 1 amide bonds. The lowest BCUT2D eigenvalue weighted by molar-refractivity contribution is 0.0838. The molecule has 1 aromatic heterocycles. The molecule has 1 aromatic carbocycles. The zero-order chi connectivity index (χ0) is 14.2. The maximum absolute atomic E-state index is 12.0. The second-order valence-electron chi connectivity index (χ2n) is 4.01. The van der Waals surface area contributed by atoms with Gasteiger partial charge in [0, 0.05) is 29.2 Å². The van der Waals surface area contributed by atoms with Gasteiger partial charge in [-0.3, -0.25) is 4.79 Å². The summed E-state index contributed by atoms with van der Waals surface area (Å²) in [6.07, 6.45) is 1.74. The fourth-order valence-electron chi connectivity index (χ4n) is 1.66.